The van der Waals surface area contributed by atoms with E-state index >= 15 is 0 Å². The molecule has 0 radical (unpaired) electrons. The fraction of sp³-hybridized carbons (Fsp3) is 0.333. The van der Waals surface area contributed by atoms with Gasteiger partial charge in [-0.3, -0.25) is 0 Å². The number of hydrogen-bond donors (Lipinski definition) is 2. The monoisotopic (exact) mass is 285 g/mol. The van der Waals surface area contributed by atoms with Crippen LogP contribution in [-0.2, 0) is 6.42 Å². The van der Waals surface area contributed by atoms with Crippen LogP contribution >= 0.6 is 0 Å². The number of benzene rings is 2. The van der Waals surface area contributed by atoms with Crippen LogP contribution in [0.3, 0.4) is 0 Å². The second kappa shape index (κ2) is 7.14. The van der Waals surface area contributed by atoms with Crippen LogP contribution in [0.4, 0.5) is 0 Å². The molecule has 2 aromatic rings. The zero-order valence-electron chi connectivity index (χ0n) is 12.6. The first-order chi connectivity index (χ1) is 10.1. The molecule has 2 aromatic carbocycles. The van der Waals surface area contributed by atoms with E-state index < -0.39 is 0 Å². The summed E-state index contributed by atoms with van der Waals surface area (Å²) in [5, 5.41) is 9.37. The predicted octanol–water partition coefficient (Wildman–Crippen LogP) is 3.46. The van der Waals surface area contributed by atoms with E-state index in [0.29, 0.717) is 6.54 Å². The first kappa shape index (κ1) is 15.4. The fourth-order valence-electron chi connectivity index (χ4n) is 2.39. The lowest BCUT2D eigenvalue weighted by atomic mass is 9.92. The quantitative estimate of drug-likeness (QED) is 0.854. The molecule has 1 atom stereocenters. The van der Waals surface area contributed by atoms with Gasteiger partial charge in [-0.1, -0.05) is 24.3 Å². The molecule has 0 heterocycles. The van der Waals surface area contributed by atoms with E-state index in [4.69, 9.17) is 10.5 Å². The van der Waals surface area contributed by atoms with Crippen LogP contribution in [-0.4, -0.2) is 17.8 Å². The SMILES string of the molecule is CC(C)Oc1cccc(CC(CN)c2ccc(O)cc2)c1. The highest BCUT2D eigenvalue weighted by Crippen LogP contribution is 2.24. The Morgan fingerprint density at radius 2 is 1.81 bits per heavy atom. The molecule has 0 fully saturated rings. The largest absolute Gasteiger partial charge is 0.508 e. The highest BCUT2D eigenvalue weighted by Gasteiger charge is 2.11. The summed E-state index contributed by atoms with van der Waals surface area (Å²) in [5.41, 5.74) is 8.26. The van der Waals surface area contributed by atoms with Gasteiger partial charge in [-0.15, -0.1) is 0 Å². The minimum Gasteiger partial charge on any atom is -0.508 e. The van der Waals surface area contributed by atoms with Crippen LogP contribution < -0.4 is 10.5 Å². The number of hydrogen-bond acceptors (Lipinski definition) is 3. The third-order valence-corrected chi connectivity index (χ3v) is 3.40. The van der Waals surface area contributed by atoms with Gasteiger partial charge in [0.25, 0.3) is 0 Å². The topological polar surface area (TPSA) is 55.5 Å². The van der Waals surface area contributed by atoms with E-state index in [1.54, 1.807) is 12.1 Å². The Labute approximate surface area is 126 Å². The predicted molar refractivity (Wildman–Crippen MR) is 85.8 cm³/mol. The third-order valence-electron chi connectivity index (χ3n) is 3.40. The molecule has 0 saturated carbocycles. The van der Waals surface area contributed by atoms with Crippen molar-refractivity contribution in [2.24, 2.45) is 5.73 Å². The summed E-state index contributed by atoms with van der Waals surface area (Å²) in [4.78, 5) is 0. The number of phenols is 1. The van der Waals surface area contributed by atoms with Gasteiger partial charge in [0.15, 0.2) is 0 Å². The standard InChI is InChI=1S/C18H23NO2/c1-13(2)21-18-5-3-4-14(11-18)10-16(12-19)15-6-8-17(20)9-7-15/h3-9,11,13,16,20H,10,12,19H2,1-2H3. The van der Waals surface area contributed by atoms with Gasteiger partial charge >= 0.3 is 0 Å². The van der Waals surface area contributed by atoms with E-state index in [-0.39, 0.29) is 17.8 Å². The minimum atomic E-state index is 0.169. The van der Waals surface area contributed by atoms with Gasteiger partial charge in [0.1, 0.15) is 11.5 Å². The number of ether oxygens (including phenoxy) is 1. The van der Waals surface area contributed by atoms with Crippen LogP contribution in [0.15, 0.2) is 48.5 Å². The molecular formula is C18H23NO2. The maximum absolute atomic E-state index is 9.37. The van der Waals surface area contributed by atoms with Gasteiger partial charge < -0.3 is 15.6 Å². The molecule has 0 spiro atoms. The lowest BCUT2D eigenvalue weighted by Crippen LogP contribution is -2.15. The van der Waals surface area contributed by atoms with E-state index in [9.17, 15) is 5.11 Å². The zero-order chi connectivity index (χ0) is 15.2. The average molecular weight is 285 g/mol. The zero-order valence-corrected chi connectivity index (χ0v) is 12.6. The molecule has 112 valence electrons. The summed E-state index contributed by atoms with van der Waals surface area (Å²) in [6, 6.07) is 15.4. The van der Waals surface area contributed by atoms with Crippen LogP contribution in [0, 0.1) is 0 Å². The molecule has 0 aliphatic rings. The molecule has 2 rings (SSSR count). The first-order valence-corrected chi connectivity index (χ1v) is 7.33. The summed E-state index contributed by atoms with van der Waals surface area (Å²) < 4.78 is 5.73. The lowest BCUT2D eigenvalue weighted by molar-refractivity contribution is 0.242. The number of phenolic OH excluding ortho intramolecular Hbond substituents is 1. The first-order valence-electron chi connectivity index (χ1n) is 7.33. The molecule has 0 amide bonds. The Bertz CT molecular complexity index is 564. The molecular weight excluding hydrogens is 262 g/mol. The Kier molecular flexibility index (Phi) is 5.23. The van der Waals surface area contributed by atoms with Crippen LogP contribution in [0.2, 0.25) is 0 Å². The third kappa shape index (κ3) is 4.50. The fourth-order valence-corrected chi connectivity index (χ4v) is 2.39. The minimum absolute atomic E-state index is 0.169. The smallest absolute Gasteiger partial charge is 0.119 e. The van der Waals surface area contributed by atoms with Gasteiger partial charge in [-0.2, -0.15) is 0 Å². The second-order valence-corrected chi connectivity index (χ2v) is 5.54. The summed E-state index contributed by atoms with van der Waals surface area (Å²) in [7, 11) is 0. The summed E-state index contributed by atoms with van der Waals surface area (Å²) in [6.07, 6.45) is 1.03. The van der Waals surface area contributed by atoms with E-state index in [1.807, 2.05) is 38.1 Å². The maximum Gasteiger partial charge on any atom is 0.119 e. The van der Waals surface area contributed by atoms with Crippen molar-refractivity contribution in [1.29, 1.82) is 0 Å². The van der Waals surface area contributed by atoms with Crippen molar-refractivity contribution in [2.45, 2.75) is 32.3 Å². The Hall–Kier alpha value is -2.00. The van der Waals surface area contributed by atoms with E-state index in [1.165, 1.54) is 5.56 Å². The van der Waals surface area contributed by atoms with Crippen molar-refractivity contribution in [1.82, 2.24) is 0 Å². The molecule has 21 heavy (non-hydrogen) atoms. The molecule has 0 aromatic heterocycles. The van der Waals surface area contributed by atoms with E-state index in [2.05, 4.69) is 12.1 Å². The maximum atomic E-state index is 9.37. The molecule has 1 unspecified atom stereocenters. The summed E-state index contributed by atoms with van der Waals surface area (Å²) in [5.74, 6) is 1.41. The number of rotatable bonds is 6. The average Bonchev–Trinajstić information content (AvgIpc) is 2.45. The summed E-state index contributed by atoms with van der Waals surface area (Å²) >= 11 is 0. The molecule has 0 saturated heterocycles. The van der Waals surface area contributed by atoms with Crippen molar-refractivity contribution >= 4 is 0 Å². The van der Waals surface area contributed by atoms with Crippen LogP contribution in [0.5, 0.6) is 11.5 Å². The van der Waals surface area contributed by atoms with Crippen molar-refractivity contribution in [3.05, 3.63) is 59.7 Å². The highest BCUT2D eigenvalue weighted by molar-refractivity contribution is 5.33. The molecule has 0 aliphatic heterocycles. The van der Waals surface area contributed by atoms with Crippen LogP contribution in [0.1, 0.15) is 30.9 Å². The second-order valence-electron chi connectivity index (χ2n) is 5.54. The molecule has 3 heteroatoms. The van der Waals surface area contributed by atoms with Crippen LogP contribution in [0.25, 0.3) is 0 Å². The Balaban J connectivity index is 2.13. The van der Waals surface area contributed by atoms with Gasteiger partial charge in [0, 0.05) is 5.92 Å². The van der Waals surface area contributed by atoms with E-state index in [0.717, 1.165) is 17.7 Å². The van der Waals surface area contributed by atoms with Gasteiger partial charge in [-0.25, -0.2) is 0 Å². The summed E-state index contributed by atoms with van der Waals surface area (Å²) in [6.45, 7) is 4.61. The van der Waals surface area contributed by atoms with Crippen molar-refractivity contribution in [3.8, 4) is 11.5 Å². The molecule has 0 aliphatic carbocycles. The normalized spacial score (nSPS) is 12.4. The lowest BCUT2D eigenvalue weighted by Gasteiger charge is -2.17. The van der Waals surface area contributed by atoms with Gasteiger partial charge in [-0.05, 0) is 62.2 Å². The molecule has 0 bridgehead atoms. The highest BCUT2D eigenvalue weighted by atomic mass is 16.5. The van der Waals surface area contributed by atoms with Gasteiger partial charge in [0.05, 0.1) is 6.10 Å². The Morgan fingerprint density at radius 3 is 2.43 bits per heavy atom. The number of nitrogens with two attached hydrogens (primary N) is 1. The molecule has 3 N–H and O–H groups in total. The van der Waals surface area contributed by atoms with Crippen molar-refractivity contribution < 1.29 is 9.84 Å². The number of aromatic hydroxyl groups is 1. The van der Waals surface area contributed by atoms with Crippen molar-refractivity contribution in [2.75, 3.05) is 6.54 Å². The van der Waals surface area contributed by atoms with Crippen molar-refractivity contribution in [3.63, 3.8) is 0 Å². The molecule has 3 nitrogen and oxygen atoms in total. The van der Waals surface area contributed by atoms with Gasteiger partial charge in [0.2, 0.25) is 0 Å². The Morgan fingerprint density at radius 1 is 1.10 bits per heavy atom.